The molecule has 12 aliphatic rings. The van der Waals surface area contributed by atoms with Crippen LogP contribution in [-0.4, -0.2) is 77.4 Å². The van der Waals surface area contributed by atoms with Crippen LogP contribution < -0.4 is 0 Å². The van der Waals surface area contributed by atoms with Crippen LogP contribution in [0.5, 0.6) is 0 Å². The fraction of sp³-hybridized carbons (Fsp3) is 0.925. The van der Waals surface area contributed by atoms with Gasteiger partial charge in [-0.1, -0.05) is 304 Å². The van der Waals surface area contributed by atoms with Gasteiger partial charge < -0.3 is 64.8 Å². The van der Waals surface area contributed by atoms with E-state index in [1.54, 1.807) is 32.1 Å². The van der Waals surface area contributed by atoms with Gasteiger partial charge in [-0.25, -0.2) is 0 Å². The van der Waals surface area contributed by atoms with Crippen LogP contribution in [0.15, 0.2) is 0 Å². The molecule has 1 saturated heterocycles. The first-order valence-corrected chi connectivity index (χ1v) is 62.3. The largest absolute Gasteiger partial charge is 4.00 e. The van der Waals surface area contributed by atoms with Crippen molar-refractivity contribution in [2.24, 2.45) is 76.9 Å². The van der Waals surface area contributed by atoms with E-state index in [1.807, 2.05) is 0 Å². The molecule has 16 atom stereocenters. The molecule has 1 aliphatic heterocycles. The normalized spacial score (nSPS) is 33.5. The van der Waals surface area contributed by atoms with Crippen molar-refractivity contribution in [1.29, 1.82) is 0 Å². The van der Waals surface area contributed by atoms with E-state index < -0.39 is 79.6 Å². The van der Waals surface area contributed by atoms with E-state index in [0.717, 1.165) is 112 Å². The van der Waals surface area contributed by atoms with E-state index in [0.29, 0.717) is 5.54 Å². The fourth-order valence-electron chi connectivity index (χ4n) is 24.2. The van der Waals surface area contributed by atoms with Crippen LogP contribution in [0.4, 0.5) is 0 Å². The molecule has 576 valence electrons. The van der Waals surface area contributed by atoms with Gasteiger partial charge in [0.05, 0.1) is 0 Å². The molecular weight excluding hydrogens is 1560 g/mol. The molecule has 0 amide bonds. The van der Waals surface area contributed by atoms with Crippen molar-refractivity contribution < 1.29 is 76.6 Å². The van der Waals surface area contributed by atoms with Crippen molar-refractivity contribution in [3.8, 4) is 0 Å². The van der Waals surface area contributed by atoms with Gasteiger partial charge in [-0.2, -0.15) is 0 Å². The van der Waals surface area contributed by atoms with E-state index in [4.69, 9.17) is 74.5 Å². The van der Waals surface area contributed by atoms with Crippen molar-refractivity contribution in [3.05, 3.63) is 64.8 Å². The first-order chi connectivity index (χ1) is 42.8. The molecule has 12 rings (SSSR count). The molecule has 0 N–H and O–H groups in total. The number of rotatable bonds is 10. The fourth-order valence-corrected chi connectivity index (χ4v) is 37.4. The first kappa shape index (κ1) is 105. The van der Waals surface area contributed by atoms with Gasteiger partial charge in [0.15, 0.2) is 0 Å². The molecule has 16 unspecified atom stereocenters. The zero-order chi connectivity index (χ0) is 67.2. The molecule has 98 heavy (non-hydrogen) atoms. The maximum Gasteiger partial charge on any atom is 4.00 e. The van der Waals surface area contributed by atoms with Crippen LogP contribution in [0.3, 0.4) is 0 Å². The zero-order valence-electron chi connectivity index (χ0n) is 68.1. The van der Waals surface area contributed by atoms with E-state index in [2.05, 4.69) is 120 Å². The molecule has 0 aromatic carbocycles. The Balaban J connectivity index is 0. The van der Waals surface area contributed by atoms with Crippen molar-refractivity contribution in [3.63, 3.8) is 0 Å². The predicted molar refractivity (Wildman–Crippen MR) is 441 cm³/mol. The van der Waals surface area contributed by atoms with Crippen molar-refractivity contribution in [2.45, 2.75) is 378 Å². The molecule has 11 aliphatic carbocycles. The minimum absolute atomic E-state index is 0. The summed E-state index contributed by atoms with van der Waals surface area (Å²) in [7, 11) is 27.5. The Labute approximate surface area is 685 Å². The Morgan fingerprint density at radius 1 is 0.418 bits per heavy atom. The third-order valence-corrected chi connectivity index (χ3v) is 37.5. The summed E-state index contributed by atoms with van der Waals surface area (Å²) in [6.45, 7) is 39.5. The van der Waals surface area contributed by atoms with Gasteiger partial charge in [0, 0.05) is 12.1 Å². The second kappa shape index (κ2) is 49.0. The van der Waals surface area contributed by atoms with Gasteiger partial charge in [-0.05, 0) is 148 Å². The zero-order valence-corrected chi connectivity index (χ0v) is 82.8. The minimum atomic E-state index is -1.62. The Bertz CT molecular complexity index is 2040. The molecular formula is C80H157Cl6N5Si3Ti3Zr-4. The van der Waals surface area contributed by atoms with Gasteiger partial charge >= 0.3 is 131 Å². The number of hydrogen-bond acceptors (Lipinski definition) is 1. The van der Waals surface area contributed by atoms with Crippen LogP contribution in [0.1, 0.15) is 288 Å². The summed E-state index contributed by atoms with van der Waals surface area (Å²) in [6, 6.07) is 1.83. The number of likely N-dealkylation sites (tertiary alicyclic amines) is 1. The van der Waals surface area contributed by atoms with E-state index in [9.17, 15) is 0 Å². The Hall–Kier alpha value is 5.22. The maximum atomic E-state index is 5.80. The Morgan fingerprint density at radius 2 is 0.796 bits per heavy atom. The van der Waals surface area contributed by atoms with Gasteiger partial charge in [-0.3, -0.25) is 4.90 Å². The molecule has 0 radical (unpaired) electrons. The third-order valence-electron chi connectivity index (χ3n) is 26.3. The summed E-state index contributed by atoms with van der Waals surface area (Å²) in [5.41, 5.74) is 3.77. The smallest absolute Gasteiger partial charge is 4.00 e. The van der Waals surface area contributed by atoms with Gasteiger partial charge in [-0.15, -0.1) is 28.7 Å². The summed E-state index contributed by atoms with van der Waals surface area (Å²) in [5, 5.41) is 4.76. The first-order valence-electron chi connectivity index (χ1n) is 38.3. The van der Waals surface area contributed by atoms with E-state index in [1.165, 1.54) is 186 Å². The van der Waals surface area contributed by atoms with E-state index in [-0.39, 0.29) is 82.9 Å². The number of nitrogens with zero attached hydrogens (tertiary/aromatic N) is 5. The summed E-state index contributed by atoms with van der Waals surface area (Å²) >= 11 is -1.94. The van der Waals surface area contributed by atoms with Gasteiger partial charge in [0.1, 0.15) is 0 Å². The topological polar surface area (TPSA) is 59.6 Å². The SMILES string of the molecule is CC(C)(C)[N-]CCC1CCC2CCCCC21.CC(C)(C)[N-][Si](C)(C)C1CCCC1.CC1([N-][Si](C)(C)C2C3CCCCC3C3CCCCC32)CCCCC1.CN1C2CCCCC2C2CC3C(CC21)C1CCCCC1C3[Si](C)(C)[N-]C(C)(C)C.[CH3-].[CH3-].[CH3-].[CH3-].[CH3-].[CH3-].[Cl][Ti][Cl].[Cl][Ti][Cl].[Cl][Zr+2][Cl].[Ti+4]. The molecule has 5 nitrogen and oxygen atoms in total. The molecule has 12 fully saturated rings. The molecule has 0 aromatic heterocycles. The molecule has 0 bridgehead atoms. The van der Waals surface area contributed by atoms with Crippen LogP contribution in [-0.2, 0) is 76.6 Å². The van der Waals surface area contributed by atoms with Crippen LogP contribution in [0.25, 0.3) is 20.3 Å². The summed E-state index contributed by atoms with van der Waals surface area (Å²) in [4.78, 5) is 19.4. The Morgan fingerprint density at radius 3 is 1.24 bits per heavy atom. The average molecular weight is 1720 g/mol. The van der Waals surface area contributed by atoms with Crippen LogP contribution in [0, 0.1) is 121 Å². The average Bonchev–Trinajstić information content (AvgIpc) is 1.57. The molecule has 18 heteroatoms. The van der Waals surface area contributed by atoms with Crippen LogP contribution >= 0.6 is 54.2 Å². The monoisotopic (exact) mass is 1720 g/mol. The minimum Gasteiger partial charge on any atom is 4.00 e. The summed E-state index contributed by atoms with van der Waals surface area (Å²) < 4.78 is 0. The standard InChI is InChI=1S/C26H47N2Si.C22H40NSi.C15H28N.C11H24NSi.6CH3.6ClH.3Ti.Zr/c1-26(2,3)27-29(5,6)25-19-13-8-7-11-17(19)20-16-24-21(15-22(20)25)18-12-9-10-14-23(18)28(24)4;1-22(15-9-4-10-16-22)23-24(2,3)21-19-13-7-5-11-17(19)18-12-6-8-14-20(18)21;1-15(2,3)16-11-10-13-9-8-12-6-4-5-7-14(12)13;1-11(2,3)12-13(4,5)10-8-6-7-9-10;;;;;;;;;;;;;;;;/h17-25H,7-16H2,1-6H3;17-21H,4-16H2,1-3H3;12-14H,4-11H2,1-3H3;10H,6-9H2,1-5H3;6*1H3;6*1H;;;;/q10*-1;;;;;;;2*+2;2*+4/p-6. The quantitative estimate of drug-likeness (QED) is 0.159. The number of halogens is 6. The van der Waals surface area contributed by atoms with Crippen molar-refractivity contribution in [2.75, 3.05) is 13.6 Å². The van der Waals surface area contributed by atoms with Crippen LogP contribution in [0.2, 0.25) is 55.9 Å². The number of hydrogen-bond donors (Lipinski definition) is 0. The Kier molecular flexibility index (Phi) is 52.6. The predicted octanol–water partition coefficient (Wildman–Crippen LogP) is 30.3. The number of fused-ring (bicyclic) bond motifs is 10. The molecule has 0 aromatic rings. The van der Waals surface area contributed by atoms with E-state index >= 15 is 0 Å². The van der Waals surface area contributed by atoms with Crippen molar-refractivity contribution >= 4 is 79.0 Å². The molecule has 1 heterocycles. The summed E-state index contributed by atoms with van der Waals surface area (Å²) in [6.07, 6.45) is 50.7. The van der Waals surface area contributed by atoms with Gasteiger partial charge in [0.2, 0.25) is 0 Å². The third kappa shape index (κ3) is 31.0. The maximum absolute atomic E-state index is 5.80. The molecule has 11 saturated carbocycles. The second-order valence-corrected chi connectivity index (χ2v) is 58.5. The molecule has 0 spiro atoms. The van der Waals surface area contributed by atoms with Crippen molar-refractivity contribution in [1.82, 2.24) is 4.90 Å². The summed E-state index contributed by atoms with van der Waals surface area (Å²) in [5.74, 6) is 13.6. The second-order valence-electron chi connectivity index (χ2n) is 36.9. The van der Waals surface area contributed by atoms with Gasteiger partial charge in [0.25, 0.3) is 0 Å².